The van der Waals surface area contributed by atoms with Crippen LogP contribution in [0.3, 0.4) is 0 Å². The monoisotopic (exact) mass is 251 g/mol. The fraction of sp³-hybridized carbons (Fsp3) is 0.583. The van der Waals surface area contributed by atoms with Gasteiger partial charge in [0, 0.05) is 19.2 Å². The van der Waals surface area contributed by atoms with Crippen LogP contribution in [0.4, 0.5) is 11.6 Å². The zero-order chi connectivity index (χ0) is 13.7. The van der Waals surface area contributed by atoms with Crippen molar-refractivity contribution in [3.8, 4) is 0 Å². The zero-order valence-corrected chi connectivity index (χ0v) is 11.4. The molecule has 0 aliphatic carbocycles. The van der Waals surface area contributed by atoms with Gasteiger partial charge in [-0.25, -0.2) is 9.97 Å². The van der Waals surface area contributed by atoms with Crippen molar-refractivity contribution < 1.29 is 4.79 Å². The molecule has 0 aliphatic rings. The summed E-state index contributed by atoms with van der Waals surface area (Å²) in [6.45, 7) is 8.90. The summed E-state index contributed by atoms with van der Waals surface area (Å²) in [6, 6.07) is 1.29. The minimum atomic E-state index is -0.335. The Morgan fingerprint density at radius 3 is 2.56 bits per heavy atom. The lowest BCUT2D eigenvalue weighted by molar-refractivity contribution is -0.131. The second-order valence-electron chi connectivity index (χ2n) is 4.10. The van der Waals surface area contributed by atoms with Crippen molar-refractivity contribution in [1.29, 1.82) is 0 Å². The number of rotatable bonds is 5. The third kappa shape index (κ3) is 3.58. The van der Waals surface area contributed by atoms with Crippen LogP contribution in [-0.4, -0.2) is 39.9 Å². The molecule has 6 heteroatoms. The molecule has 100 valence electrons. The third-order valence-electron chi connectivity index (χ3n) is 2.67. The van der Waals surface area contributed by atoms with Crippen molar-refractivity contribution in [2.75, 3.05) is 24.1 Å². The lowest BCUT2D eigenvalue weighted by Gasteiger charge is -2.23. The molecule has 18 heavy (non-hydrogen) atoms. The number of anilines is 2. The second kappa shape index (κ2) is 6.18. The zero-order valence-electron chi connectivity index (χ0n) is 11.4. The second-order valence-corrected chi connectivity index (χ2v) is 4.10. The summed E-state index contributed by atoms with van der Waals surface area (Å²) < 4.78 is 0. The van der Waals surface area contributed by atoms with Crippen LogP contribution in [0.15, 0.2) is 6.07 Å². The predicted molar refractivity (Wildman–Crippen MR) is 72.2 cm³/mol. The van der Waals surface area contributed by atoms with E-state index in [4.69, 9.17) is 5.73 Å². The van der Waals surface area contributed by atoms with E-state index < -0.39 is 0 Å². The average molecular weight is 251 g/mol. The normalized spacial score (nSPS) is 12.0. The van der Waals surface area contributed by atoms with E-state index in [-0.39, 0.29) is 11.9 Å². The number of hydrogen-bond acceptors (Lipinski definition) is 5. The van der Waals surface area contributed by atoms with Crippen molar-refractivity contribution in [2.24, 2.45) is 0 Å². The smallest absolute Gasteiger partial charge is 0.244 e. The van der Waals surface area contributed by atoms with E-state index in [1.54, 1.807) is 17.9 Å². The highest BCUT2D eigenvalue weighted by atomic mass is 16.2. The quantitative estimate of drug-likeness (QED) is 0.816. The predicted octanol–water partition coefficient (Wildman–Crippen LogP) is 1.04. The molecule has 0 fully saturated rings. The van der Waals surface area contributed by atoms with Crippen LogP contribution in [0.2, 0.25) is 0 Å². The van der Waals surface area contributed by atoms with Crippen LogP contribution in [-0.2, 0) is 4.79 Å². The van der Waals surface area contributed by atoms with Gasteiger partial charge in [0.15, 0.2) is 0 Å². The highest BCUT2D eigenvalue weighted by Crippen LogP contribution is 2.10. The molecule has 0 saturated heterocycles. The highest BCUT2D eigenvalue weighted by Gasteiger charge is 2.18. The van der Waals surface area contributed by atoms with Crippen molar-refractivity contribution >= 4 is 17.5 Å². The number of aryl methyl sites for hydroxylation is 1. The number of likely N-dealkylation sites (N-methyl/N-ethyl adjacent to an activating group) is 1. The van der Waals surface area contributed by atoms with Gasteiger partial charge in [0.1, 0.15) is 23.5 Å². The number of carbonyl (C=O) groups excluding carboxylic acids is 1. The van der Waals surface area contributed by atoms with E-state index in [2.05, 4.69) is 15.3 Å². The number of nitrogen functional groups attached to an aromatic ring is 1. The standard InChI is InChI=1S/C12H21N5O/c1-5-17(6-2)12(18)8(3)14-11-7-10(13)15-9(4)16-11/h7-8H,5-6H2,1-4H3,(H3,13,14,15,16). The SMILES string of the molecule is CCN(CC)C(=O)C(C)Nc1cc(N)nc(C)n1. The maximum Gasteiger partial charge on any atom is 0.244 e. The van der Waals surface area contributed by atoms with Gasteiger partial charge < -0.3 is 16.0 Å². The Kier molecular flexibility index (Phi) is 4.88. The van der Waals surface area contributed by atoms with Gasteiger partial charge in [0.25, 0.3) is 0 Å². The van der Waals surface area contributed by atoms with Crippen LogP contribution in [0.25, 0.3) is 0 Å². The number of nitrogens with two attached hydrogens (primary N) is 1. The number of aromatic nitrogens is 2. The molecule has 0 spiro atoms. The number of amides is 1. The number of nitrogens with zero attached hydrogens (tertiary/aromatic N) is 3. The summed E-state index contributed by atoms with van der Waals surface area (Å²) in [7, 11) is 0. The first-order valence-corrected chi connectivity index (χ1v) is 6.14. The largest absolute Gasteiger partial charge is 0.384 e. The molecule has 0 saturated carbocycles. The van der Waals surface area contributed by atoms with Gasteiger partial charge in [-0.3, -0.25) is 4.79 Å². The van der Waals surface area contributed by atoms with E-state index in [0.29, 0.717) is 30.5 Å². The maximum atomic E-state index is 12.1. The third-order valence-corrected chi connectivity index (χ3v) is 2.67. The van der Waals surface area contributed by atoms with E-state index in [9.17, 15) is 4.79 Å². The summed E-state index contributed by atoms with van der Waals surface area (Å²) in [6.07, 6.45) is 0. The summed E-state index contributed by atoms with van der Waals surface area (Å²) >= 11 is 0. The topological polar surface area (TPSA) is 84.1 Å². The van der Waals surface area contributed by atoms with E-state index >= 15 is 0 Å². The van der Waals surface area contributed by atoms with Crippen molar-refractivity contribution in [1.82, 2.24) is 14.9 Å². The van der Waals surface area contributed by atoms with Crippen molar-refractivity contribution in [3.05, 3.63) is 11.9 Å². The van der Waals surface area contributed by atoms with E-state index in [1.807, 2.05) is 20.8 Å². The molecule has 3 N–H and O–H groups in total. The molecule has 0 aromatic carbocycles. The average Bonchev–Trinajstić information content (AvgIpc) is 2.28. The minimum Gasteiger partial charge on any atom is -0.384 e. The lowest BCUT2D eigenvalue weighted by atomic mass is 10.2. The first-order chi connectivity index (χ1) is 8.47. The fourth-order valence-corrected chi connectivity index (χ4v) is 1.76. The first kappa shape index (κ1) is 14.2. The van der Waals surface area contributed by atoms with Crippen LogP contribution >= 0.6 is 0 Å². The molecular weight excluding hydrogens is 230 g/mol. The Hall–Kier alpha value is -1.85. The van der Waals surface area contributed by atoms with Gasteiger partial charge in [0.05, 0.1) is 0 Å². The highest BCUT2D eigenvalue weighted by molar-refractivity contribution is 5.84. The summed E-state index contributed by atoms with van der Waals surface area (Å²) in [5.74, 6) is 1.61. The van der Waals surface area contributed by atoms with Gasteiger partial charge in [-0.05, 0) is 27.7 Å². The molecule has 0 radical (unpaired) electrons. The van der Waals surface area contributed by atoms with Crippen molar-refractivity contribution in [2.45, 2.75) is 33.7 Å². The molecule has 0 bridgehead atoms. The summed E-state index contributed by atoms with van der Waals surface area (Å²) in [5, 5.41) is 3.05. The van der Waals surface area contributed by atoms with Gasteiger partial charge in [-0.15, -0.1) is 0 Å². The summed E-state index contributed by atoms with van der Waals surface area (Å²) in [5.41, 5.74) is 5.64. The van der Waals surface area contributed by atoms with Crippen LogP contribution in [0.1, 0.15) is 26.6 Å². The van der Waals surface area contributed by atoms with Crippen LogP contribution in [0, 0.1) is 6.92 Å². The summed E-state index contributed by atoms with van der Waals surface area (Å²) in [4.78, 5) is 22.0. The van der Waals surface area contributed by atoms with Gasteiger partial charge >= 0.3 is 0 Å². The Bertz CT molecular complexity index is 397. The molecule has 6 nitrogen and oxygen atoms in total. The first-order valence-electron chi connectivity index (χ1n) is 6.14. The Balaban J connectivity index is 2.74. The minimum absolute atomic E-state index is 0.0508. The Labute approximate surface area is 108 Å². The van der Waals surface area contributed by atoms with Gasteiger partial charge in [-0.1, -0.05) is 0 Å². The number of hydrogen-bond donors (Lipinski definition) is 2. The molecular formula is C12H21N5O. The maximum absolute atomic E-state index is 12.1. The molecule has 1 heterocycles. The molecule has 0 aliphatic heterocycles. The van der Waals surface area contributed by atoms with E-state index in [1.165, 1.54) is 0 Å². The van der Waals surface area contributed by atoms with Crippen LogP contribution < -0.4 is 11.1 Å². The van der Waals surface area contributed by atoms with E-state index in [0.717, 1.165) is 0 Å². The Morgan fingerprint density at radius 2 is 2.06 bits per heavy atom. The lowest BCUT2D eigenvalue weighted by Crippen LogP contribution is -2.41. The molecule has 1 rings (SSSR count). The molecule has 1 unspecified atom stereocenters. The molecule has 1 amide bonds. The molecule has 1 aromatic rings. The van der Waals surface area contributed by atoms with Gasteiger partial charge in [0.2, 0.25) is 5.91 Å². The molecule has 1 aromatic heterocycles. The van der Waals surface area contributed by atoms with Crippen LogP contribution in [0.5, 0.6) is 0 Å². The van der Waals surface area contributed by atoms with Crippen molar-refractivity contribution in [3.63, 3.8) is 0 Å². The Morgan fingerprint density at radius 1 is 1.44 bits per heavy atom. The number of nitrogens with one attached hydrogen (secondary N) is 1. The van der Waals surface area contributed by atoms with Gasteiger partial charge in [-0.2, -0.15) is 0 Å². The molecule has 1 atom stereocenters. The fourth-order valence-electron chi connectivity index (χ4n) is 1.76. The number of carbonyl (C=O) groups is 1.